The molecule has 0 fully saturated rings. The van der Waals surface area contributed by atoms with Gasteiger partial charge in [0.25, 0.3) is 0 Å². The van der Waals surface area contributed by atoms with Crippen LogP contribution in [0.2, 0.25) is 0 Å². The van der Waals surface area contributed by atoms with Crippen LogP contribution >= 0.6 is 0 Å². The minimum absolute atomic E-state index is 0.384. The average Bonchev–Trinajstić information content (AvgIpc) is 4.08. The van der Waals surface area contributed by atoms with Crippen molar-refractivity contribution >= 4 is 75.8 Å². The van der Waals surface area contributed by atoms with Gasteiger partial charge in [0.05, 0.1) is 41.1 Å². The van der Waals surface area contributed by atoms with E-state index in [2.05, 4.69) is 0 Å². The van der Waals surface area contributed by atoms with Crippen LogP contribution in [0.25, 0.3) is 109 Å². The van der Waals surface area contributed by atoms with Crippen LogP contribution in [-0.2, 0) is 0 Å². The summed E-state index contributed by atoms with van der Waals surface area (Å²) in [5.41, 5.74) is -5.87. The predicted molar refractivity (Wildman–Crippen MR) is 218 cm³/mol. The molecule has 0 N–H and O–H groups in total. The third-order valence-corrected chi connectivity index (χ3v) is 8.62. The van der Waals surface area contributed by atoms with Gasteiger partial charge in [-0.2, -0.15) is 0 Å². The van der Waals surface area contributed by atoms with E-state index in [1.807, 2.05) is 0 Å². The van der Waals surface area contributed by atoms with Crippen molar-refractivity contribution in [3.8, 4) is 33.4 Å². The highest BCUT2D eigenvalue weighted by Crippen LogP contribution is 2.47. The molecule has 236 valence electrons. The monoisotopic (exact) mass is 676 g/mol. The smallest absolute Gasteiger partial charge is 0.143 e. The van der Waals surface area contributed by atoms with Gasteiger partial charge in [0.15, 0.2) is 0 Å². The van der Waals surface area contributed by atoms with Gasteiger partial charge in [0, 0.05) is 16.3 Å². The Hall–Kier alpha value is -6.70. The standard InChI is InChI=1S/C50H30O/c1-3-16-35-31(12-1)14-9-23-39(35)47-41-18-5-7-20-43(41)48(44-21-8-6-19-42(44)47)40-24-10-15-33-30-34(26-28-36(33)40)38-22-11-25-45-49-37-17-4-2-13-32(37)27-29-46(49)51-50(38)45/h1-30H/i1D,2D,3D,4D,5D,6D,7D,8D,9D,10D,11D,12D,13D,14D,15D,16D,17D,18D,19D,20D,21D,22D,23D,24D,25D,26D,27D,28D,29D,30D. The highest BCUT2D eigenvalue weighted by Gasteiger charge is 2.20. The van der Waals surface area contributed by atoms with Crippen molar-refractivity contribution in [1.82, 2.24) is 0 Å². The Morgan fingerprint density at radius 2 is 0.804 bits per heavy atom. The fourth-order valence-electron chi connectivity index (χ4n) is 6.50. The normalized spacial score (nSPS) is 20.2. The van der Waals surface area contributed by atoms with E-state index < -0.39 is 285 Å². The van der Waals surface area contributed by atoms with Crippen LogP contribution in [0, 0.1) is 0 Å². The van der Waals surface area contributed by atoms with Crippen molar-refractivity contribution < 1.29 is 45.5 Å². The zero-order valence-electron chi connectivity index (χ0n) is 55.4. The van der Waals surface area contributed by atoms with Crippen LogP contribution in [-0.4, -0.2) is 0 Å². The second-order valence-electron chi connectivity index (χ2n) is 11.3. The summed E-state index contributed by atoms with van der Waals surface area (Å²) in [4.78, 5) is 0. The van der Waals surface area contributed by atoms with E-state index in [9.17, 15) is 16.4 Å². The van der Waals surface area contributed by atoms with E-state index in [1.165, 1.54) is 0 Å². The molecule has 0 aliphatic rings. The lowest BCUT2D eigenvalue weighted by atomic mass is 9.83. The summed E-state index contributed by atoms with van der Waals surface area (Å²) in [6.07, 6.45) is 0. The lowest BCUT2D eigenvalue weighted by Crippen LogP contribution is -1.92. The molecule has 10 aromatic carbocycles. The number of furan rings is 1. The molecular formula is C50H30O. The van der Waals surface area contributed by atoms with Crippen LogP contribution in [0.1, 0.15) is 41.1 Å². The van der Waals surface area contributed by atoms with E-state index in [1.54, 1.807) is 0 Å². The highest BCUT2D eigenvalue weighted by atomic mass is 16.3. The number of benzene rings is 10. The summed E-state index contributed by atoms with van der Waals surface area (Å²) in [7, 11) is 0. The molecule has 1 heterocycles. The second kappa shape index (κ2) is 10.9. The molecule has 51 heavy (non-hydrogen) atoms. The fourth-order valence-corrected chi connectivity index (χ4v) is 6.50. The molecule has 0 spiro atoms. The quantitative estimate of drug-likeness (QED) is 0.170. The summed E-state index contributed by atoms with van der Waals surface area (Å²) in [6, 6.07) is -28.3. The Morgan fingerprint density at radius 1 is 0.333 bits per heavy atom. The highest BCUT2D eigenvalue weighted by molar-refractivity contribution is 6.25. The third kappa shape index (κ3) is 4.16. The molecule has 1 nitrogen and oxygen atoms in total. The van der Waals surface area contributed by atoms with Crippen LogP contribution in [0.15, 0.2) is 186 Å². The zero-order chi connectivity index (χ0) is 59.6. The lowest BCUT2D eigenvalue weighted by molar-refractivity contribution is 0.670. The molecule has 0 unspecified atom stereocenters. The van der Waals surface area contributed by atoms with Crippen LogP contribution < -0.4 is 0 Å². The first kappa shape index (κ1) is 11.7. The topological polar surface area (TPSA) is 13.1 Å². The molecule has 11 aromatic rings. The maximum Gasteiger partial charge on any atom is 0.143 e. The summed E-state index contributed by atoms with van der Waals surface area (Å²) in [5.74, 6) is 0. The predicted octanol–water partition coefficient (Wildman–Crippen LogP) is 14.4. The van der Waals surface area contributed by atoms with Crippen LogP contribution in [0.4, 0.5) is 0 Å². The summed E-state index contributed by atoms with van der Waals surface area (Å²) in [6.45, 7) is 0. The first-order valence-electron chi connectivity index (χ1n) is 30.2. The number of hydrogen-bond acceptors (Lipinski definition) is 1. The Labute approximate surface area is 336 Å². The molecule has 0 radical (unpaired) electrons. The van der Waals surface area contributed by atoms with Gasteiger partial charge in [-0.3, -0.25) is 0 Å². The molecule has 0 aliphatic heterocycles. The van der Waals surface area contributed by atoms with E-state index in [-0.39, 0.29) is 5.39 Å². The van der Waals surface area contributed by atoms with Crippen LogP contribution in [0.5, 0.6) is 0 Å². The SMILES string of the molecule is [2H]c1c([2H])c([2H])c2c(oc3c([2H])c([2H])c4c([2H])c([2H])c([2H])c([2H])c4c32)c1-c1c([2H])c([2H])c2c(-c3c4c([2H])c([2H])c([2H])c([2H])c4c(-c4c([2H])c([2H])c([2H])c5c([2H])c([2H])c([2H])c([2H])c45)c4c([2H])c([2H])c([2H])c([2H])c34)c([2H])c([2H])c([2H])c2c1[2H]. The fraction of sp³-hybridized carbons (Fsp3) is 0. The van der Waals surface area contributed by atoms with Gasteiger partial charge in [0.2, 0.25) is 0 Å². The molecule has 0 saturated heterocycles. The maximum absolute atomic E-state index is 9.86. The summed E-state index contributed by atoms with van der Waals surface area (Å²) < 4.78 is 279. The summed E-state index contributed by atoms with van der Waals surface area (Å²) >= 11 is 0. The van der Waals surface area contributed by atoms with Crippen molar-refractivity contribution in [1.29, 1.82) is 0 Å². The number of para-hydroxylation sites is 1. The Balaban J connectivity index is 1.40. The van der Waals surface area contributed by atoms with Crippen molar-refractivity contribution in [2.45, 2.75) is 0 Å². The minimum atomic E-state index is -1.09. The number of rotatable bonds is 3. The Morgan fingerprint density at radius 3 is 1.47 bits per heavy atom. The molecule has 0 aliphatic carbocycles. The van der Waals surface area contributed by atoms with Crippen molar-refractivity contribution in [3.05, 3.63) is 181 Å². The average molecular weight is 677 g/mol. The van der Waals surface area contributed by atoms with Crippen LogP contribution in [0.3, 0.4) is 0 Å². The van der Waals surface area contributed by atoms with Crippen molar-refractivity contribution in [2.24, 2.45) is 0 Å². The minimum Gasteiger partial charge on any atom is -0.455 e. The third-order valence-electron chi connectivity index (χ3n) is 8.62. The zero-order valence-corrected chi connectivity index (χ0v) is 25.4. The van der Waals surface area contributed by atoms with Gasteiger partial charge in [-0.05, 0) is 93.8 Å². The molecule has 0 amide bonds. The van der Waals surface area contributed by atoms with Crippen molar-refractivity contribution in [3.63, 3.8) is 0 Å². The van der Waals surface area contributed by atoms with E-state index in [0.29, 0.717) is 0 Å². The molecule has 1 aromatic heterocycles. The van der Waals surface area contributed by atoms with E-state index in [0.717, 1.165) is 0 Å². The van der Waals surface area contributed by atoms with E-state index >= 15 is 0 Å². The Kier molecular flexibility index (Phi) is 2.50. The first-order valence-corrected chi connectivity index (χ1v) is 15.2. The first-order chi connectivity index (χ1) is 37.8. The number of fused-ring (bicyclic) bond motifs is 9. The Bertz CT molecular complexity index is 4840. The van der Waals surface area contributed by atoms with Gasteiger partial charge in [-0.1, -0.05) is 169 Å². The molecule has 11 rings (SSSR count). The van der Waals surface area contributed by atoms with Gasteiger partial charge < -0.3 is 4.42 Å². The van der Waals surface area contributed by atoms with Gasteiger partial charge in [-0.25, -0.2) is 0 Å². The van der Waals surface area contributed by atoms with Gasteiger partial charge in [0.1, 0.15) is 11.2 Å². The molecular weight excluding hydrogens is 617 g/mol. The molecule has 0 bridgehead atoms. The van der Waals surface area contributed by atoms with Gasteiger partial charge in [-0.15, -0.1) is 0 Å². The molecule has 0 saturated carbocycles. The number of hydrogen-bond donors (Lipinski definition) is 0. The molecule has 0 atom stereocenters. The maximum atomic E-state index is 9.86. The molecule has 1 heteroatoms. The second-order valence-corrected chi connectivity index (χ2v) is 11.3. The van der Waals surface area contributed by atoms with E-state index in [4.69, 9.17) is 29.1 Å². The summed E-state index contributed by atoms with van der Waals surface area (Å²) in [5, 5.41) is -7.81. The van der Waals surface area contributed by atoms with Crippen molar-refractivity contribution in [2.75, 3.05) is 0 Å². The lowest BCUT2D eigenvalue weighted by Gasteiger charge is -2.19. The largest absolute Gasteiger partial charge is 0.455 e. The van der Waals surface area contributed by atoms with Gasteiger partial charge >= 0.3 is 0 Å².